The highest BCUT2D eigenvalue weighted by Crippen LogP contribution is 2.23. The van der Waals surface area contributed by atoms with Crippen LogP contribution in [0, 0.1) is 0 Å². The van der Waals surface area contributed by atoms with Crippen LogP contribution in [0.2, 0.25) is 0 Å². The topological polar surface area (TPSA) is 52.5 Å². The molecule has 3 nitrogen and oxygen atoms in total. The number of fused-ring (bicyclic) bond motifs is 1. The van der Waals surface area contributed by atoms with Crippen molar-refractivity contribution >= 4 is 27.1 Å². The molecule has 1 heterocycles. The molecule has 1 unspecified atom stereocenters. The Bertz CT molecular complexity index is 441. The van der Waals surface area contributed by atoms with Crippen molar-refractivity contribution in [3.63, 3.8) is 0 Å². The Labute approximate surface area is 92.0 Å². The molecule has 0 fully saturated rings. The Balaban J connectivity index is 2.08. The Morgan fingerprint density at radius 2 is 2.20 bits per heavy atom. The normalized spacial score (nSPS) is 12.9. The van der Waals surface area contributed by atoms with Gasteiger partial charge < -0.3 is 15.5 Å². The molecule has 0 aliphatic carbocycles. The lowest BCUT2D eigenvalue weighted by Crippen LogP contribution is -2.22. The second kappa shape index (κ2) is 4.61. The van der Waals surface area contributed by atoms with Crippen LogP contribution in [0.3, 0.4) is 0 Å². The molecule has 0 aliphatic heterocycles. The molecule has 1 aromatic carbocycles. The van der Waals surface area contributed by atoms with E-state index in [1.165, 1.54) is 10.1 Å². The SMILES string of the molecule is OCC(O)CNc1ccc2sccc2c1. The quantitative estimate of drug-likeness (QED) is 0.739. The highest BCUT2D eigenvalue weighted by Gasteiger charge is 2.02. The van der Waals surface area contributed by atoms with Gasteiger partial charge in [-0.05, 0) is 35.0 Å². The van der Waals surface area contributed by atoms with E-state index in [1.807, 2.05) is 18.2 Å². The minimum Gasteiger partial charge on any atom is -0.394 e. The molecule has 0 saturated carbocycles. The lowest BCUT2D eigenvalue weighted by Gasteiger charge is -2.09. The summed E-state index contributed by atoms with van der Waals surface area (Å²) in [6.45, 7) is 0.153. The van der Waals surface area contributed by atoms with Crippen molar-refractivity contribution in [1.82, 2.24) is 0 Å². The Morgan fingerprint density at radius 3 is 3.00 bits per heavy atom. The highest BCUT2D eigenvalue weighted by atomic mass is 32.1. The number of aliphatic hydroxyl groups is 2. The van der Waals surface area contributed by atoms with Crippen LogP contribution >= 0.6 is 11.3 Å². The number of thiophene rings is 1. The van der Waals surface area contributed by atoms with Crippen molar-refractivity contribution in [3.05, 3.63) is 29.6 Å². The number of aliphatic hydroxyl groups excluding tert-OH is 2. The highest BCUT2D eigenvalue weighted by molar-refractivity contribution is 7.17. The lowest BCUT2D eigenvalue weighted by molar-refractivity contribution is 0.105. The summed E-state index contributed by atoms with van der Waals surface area (Å²) in [5.74, 6) is 0. The fourth-order valence-electron chi connectivity index (χ4n) is 1.38. The molecule has 15 heavy (non-hydrogen) atoms. The molecule has 1 aromatic heterocycles. The summed E-state index contributed by atoms with van der Waals surface area (Å²) in [5, 5.41) is 24.2. The maximum atomic E-state index is 9.18. The molecule has 0 aliphatic rings. The van der Waals surface area contributed by atoms with Crippen molar-refractivity contribution in [1.29, 1.82) is 0 Å². The molecular weight excluding hydrogens is 210 g/mol. The molecule has 80 valence electrons. The van der Waals surface area contributed by atoms with Crippen LogP contribution in [0.4, 0.5) is 5.69 Å². The van der Waals surface area contributed by atoms with Crippen LogP contribution in [-0.4, -0.2) is 29.5 Å². The molecule has 1 atom stereocenters. The second-order valence-electron chi connectivity index (χ2n) is 3.39. The van der Waals surface area contributed by atoms with E-state index in [0.717, 1.165) is 5.69 Å². The average Bonchev–Trinajstić information content (AvgIpc) is 2.72. The third-order valence-electron chi connectivity index (χ3n) is 2.20. The van der Waals surface area contributed by atoms with Gasteiger partial charge in [-0.2, -0.15) is 0 Å². The fraction of sp³-hybridized carbons (Fsp3) is 0.273. The number of anilines is 1. The Hall–Kier alpha value is -1.10. The first-order chi connectivity index (χ1) is 7.29. The molecule has 0 bridgehead atoms. The van der Waals surface area contributed by atoms with Gasteiger partial charge in [0.05, 0.1) is 12.7 Å². The zero-order valence-electron chi connectivity index (χ0n) is 8.18. The standard InChI is InChI=1S/C11H13NO2S/c13-7-10(14)6-12-9-1-2-11-8(5-9)3-4-15-11/h1-5,10,12-14H,6-7H2. The lowest BCUT2D eigenvalue weighted by atomic mass is 10.2. The van der Waals surface area contributed by atoms with Crippen molar-refractivity contribution in [2.75, 3.05) is 18.5 Å². The van der Waals surface area contributed by atoms with Crippen LogP contribution in [0.15, 0.2) is 29.6 Å². The molecular formula is C11H13NO2S. The zero-order valence-corrected chi connectivity index (χ0v) is 9.00. The maximum absolute atomic E-state index is 9.18. The van der Waals surface area contributed by atoms with Crippen LogP contribution in [0.1, 0.15) is 0 Å². The smallest absolute Gasteiger partial charge is 0.0942 e. The number of benzene rings is 1. The van der Waals surface area contributed by atoms with Gasteiger partial charge in [0, 0.05) is 16.9 Å². The Kier molecular flexibility index (Phi) is 3.20. The molecule has 2 rings (SSSR count). The van der Waals surface area contributed by atoms with E-state index in [2.05, 4.69) is 16.8 Å². The van der Waals surface area contributed by atoms with Crippen molar-refractivity contribution < 1.29 is 10.2 Å². The van der Waals surface area contributed by atoms with Gasteiger partial charge in [-0.1, -0.05) is 0 Å². The summed E-state index contributed by atoms with van der Waals surface area (Å²) in [6.07, 6.45) is -0.705. The van der Waals surface area contributed by atoms with Crippen molar-refractivity contribution in [2.24, 2.45) is 0 Å². The molecule has 0 spiro atoms. The predicted molar refractivity (Wildman–Crippen MR) is 63.4 cm³/mol. The molecule has 0 saturated heterocycles. The van der Waals surface area contributed by atoms with Gasteiger partial charge in [-0.15, -0.1) is 11.3 Å². The van der Waals surface area contributed by atoms with E-state index in [1.54, 1.807) is 11.3 Å². The van der Waals surface area contributed by atoms with Crippen LogP contribution in [0.25, 0.3) is 10.1 Å². The van der Waals surface area contributed by atoms with E-state index >= 15 is 0 Å². The molecule has 0 amide bonds. The van der Waals surface area contributed by atoms with E-state index in [0.29, 0.717) is 6.54 Å². The number of rotatable bonds is 4. The van der Waals surface area contributed by atoms with Crippen molar-refractivity contribution in [3.8, 4) is 0 Å². The predicted octanol–water partition coefficient (Wildman–Crippen LogP) is 1.67. The average molecular weight is 223 g/mol. The summed E-state index contributed by atoms with van der Waals surface area (Å²) >= 11 is 1.71. The fourth-order valence-corrected chi connectivity index (χ4v) is 2.15. The van der Waals surface area contributed by atoms with Gasteiger partial charge in [0.2, 0.25) is 0 Å². The molecule has 0 radical (unpaired) electrons. The monoisotopic (exact) mass is 223 g/mol. The first kappa shape index (κ1) is 10.4. The van der Waals surface area contributed by atoms with Gasteiger partial charge in [0.25, 0.3) is 0 Å². The van der Waals surface area contributed by atoms with Crippen LogP contribution < -0.4 is 5.32 Å². The Morgan fingerprint density at radius 1 is 1.33 bits per heavy atom. The summed E-state index contributed by atoms with van der Waals surface area (Å²) in [7, 11) is 0. The molecule has 4 heteroatoms. The maximum Gasteiger partial charge on any atom is 0.0942 e. The third-order valence-corrected chi connectivity index (χ3v) is 3.10. The van der Waals surface area contributed by atoms with Gasteiger partial charge in [0.1, 0.15) is 0 Å². The minimum atomic E-state index is -0.705. The minimum absolute atomic E-state index is 0.215. The number of hydrogen-bond acceptors (Lipinski definition) is 4. The van der Waals surface area contributed by atoms with Gasteiger partial charge in [-0.25, -0.2) is 0 Å². The van der Waals surface area contributed by atoms with Gasteiger partial charge >= 0.3 is 0 Å². The van der Waals surface area contributed by atoms with E-state index in [9.17, 15) is 5.11 Å². The van der Waals surface area contributed by atoms with Crippen LogP contribution in [0.5, 0.6) is 0 Å². The summed E-state index contributed by atoms with van der Waals surface area (Å²) in [5.41, 5.74) is 0.966. The number of hydrogen-bond donors (Lipinski definition) is 3. The summed E-state index contributed by atoms with van der Waals surface area (Å²) in [6, 6.07) is 8.13. The van der Waals surface area contributed by atoms with Gasteiger partial charge in [0.15, 0.2) is 0 Å². The summed E-state index contributed by atoms with van der Waals surface area (Å²) < 4.78 is 1.25. The first-order valence-corrected chi connectivity index (χ1v) is 5.67. The third kappa shape index (κ3) is 2.47. The van der Waals surface area contributed by atoms with E-state index < -0.39 is 6.10 Å². The largest absolute Gasteiger partial charge is 0.394 e. The van der Waals surface area contributed by atoms with Crippen LogP contribution in [-0.2, 0) is 0 Å². The van der Waals surface area contributed by atoms with E-state index in [4.69, 9.17) is 5.11 Å². The second-order valence-corrected chi connectivity index (χ2v) is 4.34. The number of nitrogens with one attached hydrogen (secondary N) is 1. The zero-order chi connectivity index (χ0) is 10.7. The van der Waals surface area contributed by atoms with E-state index in [-0.39, 0.29) is 6.61 Å². The van der Waals surface area contributed by atoms with Crippen molar-refractivity contribution in [2.45, 2.75) is 6.10 Å². The molecule has 2 aromatic rings. The molecule has 3 N–H and O–H groups in total. The first-order valence-electron chi connectivity index (χ1n) is 4.79. The van der Waals surface area contributed by atoms with Gasteiger partial charge in [-0.3, -0.25) is 0 Å². The summed E-state index contributed by atoms with van der Waals surface area (Å²) in [4.78, 5) is 0.